The Morgan fingerprint density at radius 1 is 1.52 bits per heavy atom. The molecule has 0 saturated heterocycles. The summed E-state index contributed by atoms with van der Waals surface area (Å²) in [6.07, 6.45) is 1.39. The molecular formula is C11H7ClFN5O2S. The molecular weight excluding hydrogens is 321 g/mol. The molecule has 3 rings (SSSR count). The average Bonchev–Trinajstić information content (AvgIpc) is 3.01. The van der Waals surface area contributed by atoms with Gasteiger partial charge in [-0.3, -0.25) is 4.79 Å². The summed E-state index contributed by atoms with van der Waals surface area (Å²) >= 11 is 6.73. The Labute approximate surface area is 126 Å². The Bertz CT molecular complexity index is 776. The summed E-state index contributed by atoms with van der Waals surface area (Å²) in [6, 6.07) is 3.94. The number of halogens is 2. The van der Waals surface area contributed by atoms with Gasteiger partial charge in [0, 0.05) is 5.69 Å². The first-order chi connectivity index (χ1) is 10.1. The third-order valence-corrected chi connectivity index (χ3v) is 3.51. The van der Waals surface area contributed by atoms with Crippen molar-refractivity contribution >= 4 is 40.8 Å². The van der Waals surface area contributed by atoms with Crippen LogP contribution in [0.25, 0.3) is 5.84 Å². The van der Waals surface area contributed by atoms with E-state index in [2.05, 4.69) is 20.6 Å². The van der Waals surface area contributed by atoms with Crippen LogP contribution in [0.3, 0.4) is 0 Å². The molecule has 1 amide bonds. The monoisotopic (exact) mass is 327 g/mol. The number of anilines is 1. The first kappa shape index (κ1) is 13.8. The maximum absolute atomic E-state index is 13.0. The number of nitrogens with one attached hydrogen (secondary N) is 1. The molecule has 0 unspecified atom stereocenters. The first-order valence-electron chi connectivity index (χ1n) is 5.66. The minimum Gasteiger partial charge on any atom is -0.396 e. The third kappa shape index (κ3) is 3.14. The number of aromatic nitrogens is 4. The van der Waals surface area contributed by atoms with Gasteiger partial charge in [-0.05, 0) is 18.2 Å². The van der Waals surface area contributed by atoms with E-state index < -0.39 is 5.82 Å². The van der Waals surface area contributed by atoms with Crippen LogP contribution in [0.2, 0.25) is 5.02 Å². The van der Waals surface area contributed by atoms with Crippen LogP contribution in [0.1, 0.15) is 0 Å². The molecule has 0 aliphatic rings. The third-order valence-electron chi connectivity index (χ3n) is 2.40. The lowest BCUT2D eigenvalue weighted by Crippen LogP contribution is -2.14. The van der Waals surface area contributed by atoms with E-state index in [1.54, 1.807) is 0 Å². The molecule has 0 saturated carbocycles. The van der Waals surface area contributed by atoms with Crippen molar-refractivity contribution in [1.29, 1.82) is 0 Å². The van der Waals surface area contributed by atoms with E-state index in [0.717, 1.165) is 11.8 Å². The number of carbonyl (C=O) groups is 1. The molecule has 10 heteroatoms. The molecule has 0 bridgehead atoms. The number of benzene rings is 1. The number of thioether (sulfide) groups is 1. The van der Waals surface area contributed by atoms with Crippen LogP contribution in [0.4, 0.5) is 10.1 Å². The number of hydrogen-bond donors (Lipinski definition) is 1. The van der Waals surface area contributed by atoms with Crippen LogP contribution in [0, 0.1) is 5.82 Å². The second kappa shape index (κ2) is 5.70. The minimum absolute atomic E-state index is 0.0538. The zero-order valence-corrected chi connectivity index (χ0v) is 11.9. The molecule has 0 atom stereocenters. The van der Waals surface area contributed by atoms with E-state index in [1.807, 2.05) is 0 Å². The van der Waals surface area contributed by atoms with Gasteiger partial charge in [0.2, 0.25) is 5.91 Å². The Balaban J connectivity index is 1.58. The summed E-state index contributed by atoms with van der Waals surface area (Å²) in [5.74, 6) is -0.507. The number of nitrogens with zero attached hydrogens (tertiary/aromatic N) is 4. The van der Waals surface area contributed by atoms with Gasteiger partial charge in [-0.2, -0.15) is 4.52 Å². The first-order valence-corrected chi connectivity index (χ1v) is 7.03. The molecule has 0 fully saturated rings. The molecule has 0 radical (unpaired) electrons. The lowest BCUT2D eigenvalue weighted by atomic mass is 10.3. The zero-order chi connectivity index (χ0) is 14.8. The SMILES string of the molecule is O=C(CSc1nn2cnnc2o1)Nc1ccc(F)c(Cl)c1. The predicted octanol–water partition coefficient (Wildman–Crippen LogP) is 2.24. The van der Waals surface area contributed by atoms with Crippen LogP contribution in [0.15, 0.2) is 34.2 Å². The molecule has 1 aromatic carbocycles. The standard InChI is InChI=1S/C11H7ClFN5O2S/c12-7-3-6(1-2-8(7)13)15-9(19)4-21-11-17-18-5-14-16-10(18)20-11/h1-3,5H,4H2,(H,15,19). The van der Waals surface area contributed by atoms with Gasteiger partial charge in [0.15, 0.2) is 0 Å². The van der Waals surface area contributed by atoms with Gasteiger partial charge in [0.25, 0.3) is 5.22 Å². The highest BCUT2D eigenvalue weighted by Gasteiger charge is 2.11. The molecule has 21 heavy (non-hydrogen) atoms. The van der Waals surface area contributed by atoms with E-state index in [-0.39, 0.29) is 22.5 Å². The van der Waals surface area contributed by atoms with Gasteiger partial charge in [0.1, 0.15) is 12.1 Å². The largest absolute Gasteiger partial charge is 0.396 e. The fourth-order valence-electron chi connectivity index (χ4n) is 1.50. The predicted molar refractivity (Wildman–Crippen MR) is 73.8 cm³/mol. The van der Waals surface area contributed by atoms with Gasteiger partial charge in [-0.15, -0.1) is 10.2 Å². The Morgan fingerprint density at radius 2 is 2.38 bits per heavy atom. The lowest BCUT2D eigenvalue weighted by molar-refractivity contribution is -0.113. The van der Waals surface area contributed by atoms with Gasteiger partial charge in [-0.25, -0.2) is 4.39 Å². The zero-order valence-electron chi connectivity index (χ0n) is 10.3. The Kier molecular flexibility index (Phi) is 3.76. The smallest absolute Gasteiger partial charge is 0.345 e. The normalized spacial score (nSPS) is 11.0. The van der Waals surface area contributed by atoms with Crippen molar-refractivity contribution in [2.24, 2.45) is 0 Å². The van der Waals surface area contributed by atoms with Crippen molar-refractivity contribution in [3.63, 3.8) is 0 Å². The van der Waals surface area contributed by atoms with Gasteiger partial charge < -0.3 is 9.73 Å². The molecule has 108 valence electrons. The Morgan fingerprint density at radius 3 is 3.14 bits per heavy atom. The number of fused-ring (bicyclic) bond motifs is 1. The highest BCUT2D eigenvalue weighted by atomic mass is 35.5. The highest BCUT2D eigenvalue weighted by molar-refractivity contribution is 7.99. The molecule has 7 nitrogen and oxygen atoms in total. The van der Waals surface area contributed by atoms with Gasteiger partial charge in [-0.1, -0.05) is 28.5 Å². The number of amides is 1. The summed E-state index contributed by atoms with van der Waals surface area (Å²) in [5, 5.41) is 14.1. The van der Waals surface area contributed by atoms with Crippen LogP contribution >= 0.6 is 23.4 Å². The highest BCUT2D eigenvalue weighted by Crippen LogP contribution is 2.21. The van der Waals surface area contributed by atoms with Gasteiger partial charge >= 0.3 is 5.84 Å². The average molecular weight is 328 g/mol. The molecule has 0 aliphatic carbocycles. The van der Waals surface area contributed by atoms with E-state index in [9.17, 15) is 9.18 Å². The van der Waals surface area contributed by atoms with Crippen molar-refractivity contribution in [2.75, 3.05) is 11.1 Å². The topological polar surface area (TPSA) is 85.3 Å². The van der Waals surface area contributed by atoms with Crippen LogP contribution in [-0.2, 0) is 4.79 Å². The summed E-state index contributed by atoms with van der Waals surface area (Å²) in [6.45, 7) is 0. The van der Waals surface area contributed by atoms with Crippen molar-refractivity contribution in [2.45, 2.75) is 5.22 Å². The van der Waals surface area contributed by atoms with E-state index in [4.69, 9.17) is 16.0 Å². The lowest BCUT2D eigenvalue weighted by Gasteiger charge is -2.04. The number of carbonyl (C=O) groups excluding carboxylic acids is 1. The molecule has 0 spiro atoms. The van der Waals surface area contributed by atoms with Crippen molar-refractivity contribution < 1.29 is 13.6 Å². The van der Waals surface area contributed by atoms with Gasteiger partial charge in [0.05, 0.1) is 10.8 Å². The molecule has 2 heterocycles. The second-order valence-corrected chi connectivity index (χ2v) is 5.23. The molecule has 2 aromatic heterocycles. The van der Waals surface area contributed by atoms with Crippen molar-refractivity contribution in [3.05, 3.63) is 35.4 Å². The van der Waals surface area contributed by atoms with Crippen LogP contribution in [-0.4, -0.2) is 31.5 Å². The number of rotatable bonds is 4. The molecule has 1 N–H and O–H groups in total. The Hall–Kier alpha value is -2.13. The van der Waals surface area contributed by atoms with E-state index >= 15 is 0 Å². The minimum atomic E-state index is -0.541. The quantitative estimate of drug-likeness (QED) is 0.740. The maximum atomic E-state index is 13.0. The fourth-order valence-corrected chi connectivity index (χ4v) is 2.28. The number of hydrogen-bond acceptors (Lipinski definition) is 6. The van der Waals surface area contributed by atoms with Crippen LogP contribution < -0.4 is 5.32 Å². The molecule has 0 aliphatic heterocycles. The molecule has 3 aromatic rings. The van der Waals surface area contributed by atoms with Crippen molar-refractivity contribution in [1.82, 2.24) is 19.8 Å². The summed E-state index contributed by atoms with van der Waals surface area (Å²) < 4.78 is 19.6. The maximum Gasteiger partial charge on any atom is 0.345 e. The fraction of sp³-hybridized carbons (Fsp3) is 0.0909. The summed E-state index contributed by atoms with van der Waals surface area (Å²) in [5.41, 5.74) is 0.415. The van der Waals surface area contributed by atoms with Crippen molar-refractivity contribution in [3.8, 4) is 0 Å². The summed E-state index contributed by atoms with van der Waals surface area (Å²) in [4.78, 5) is 11.8. The summed E-state index contributed by atoms with van der Waals surface area (Å²) in [7, 11) is 0. The van der Waals surface area contributed by atoms with Crippen LogP contribution in [0.5, 0.6) is 0 Å². The van der Waals surface area contributed by atoms with E-state index in [0.29, 0.717) is 10.9 Å². The van der Waals surface area contributed by atoms with E-state index in [1.165, 1.54) is 29.0 Å². The second-order valence-electron chi connectivity index (χ2n) is 3.89.